The molecule has 0 aromatic carbocycles. The first-order valence-electron chi connectivity index (χ1n) is 8.15. The van der Waals surface area contributed by atoms with E-state index >= 15 is 0 Å². The molecule has 6 heteroatoms. The molecule has 1 unspecified atom stereocenters. The van der Waals surface area contributed by atoms with Gasteiger partial charge in [-0.3, -0.25) is 0 Å². The SMILES string of the molecule is COCCS1(CC2CC=C(c3ncc(F)c(O)n3)CC2)C=CC=C1. The van der Waals surface area contributed by atoms with Crippen molar-refractivity contribution >= 4 is 15.6 Å². The first-order chi connectivity index (χ1) is 11.6. The molecule has 0 fully saturated rings. The molecule has 1 N–H and O–H groups in total. The molecule has 1 aliphatic heterocycles. The number of hydrogen-bond acceptors (Lipinski definition) is 4. The van der Waals surface area contributed by atoms with Crippen molar-refractivity contribution in [3.63, 3.8) is 0 Å². The maximum absolute atomic E-state index is 13.1. The summed E-state index contributed by atoms with van der Waals surface area (Å²) in [6.45, 7) is 0.792. The minimum Gasteiger partial charge on any atom is -0.491 e. The summed E-state index contributed by atoms with van der Waals surface area (Å²) in [6, 6.07) is 0. The molecule has 0 amide bonds. The molecule has 1 aliphatic carbocycles. The van der Waals surface area contributed by atoms with Crippen LogP contribution in [0.25, 0.3) is 5.57 Å². The molecule has 1 aromatic heterocycles. The second-order valence-corrected chi connectivity index (χ2v) is 9.56. The topological polar surface area (TPSA) is 55.2 Å². The first-order valence-corrected chi connectivity index (χ1v) is 10.2. The van der Waals surface area contributed by atoms with Crippen molar-refractivity contribution in [1.82, 2.24) is 9.97 Å². The van der Waals surface area contributed by atoms with Crippen LogP contribution in [0.5, 0.6) is 5.88 Å². The summed E-state index contributed by atoms with van der Waals surface area (Å²) >= 11 is 0. The first kappa shape index (κ1) is 17.2. The number of allylic oxidation sites excluding steroid dienone is 4. The van der Waals surface area contributed by atoms with E-state index < -0.39 is 21.7 Å². The Hall–Kier alpha value is -1.66. The lowest BCUT2D eigenvalue weighted by atomic mass is 9.90. The highest BCUT2D eigenvalue weighted by Crippen LogP contribution is 2.56. The van der Waals surface area contributed by atoms with E-state index in [1.165, 1.54) is 5.75 Å². The summed E-state index contributed by atoms with van der Waals surface area (Å²) in [6.07, 6.45) is 10.4. The van der Waals surface area contributed by atoms with Crippen LogP contribution in [-0.2, 0) is 4.74 Å². The fourth-order valence-electron chi connectivity index (χ4n) is 3.21. The van der Waals surface area contributed by atoms with Crippen LogP contribution >= 0.6 is 10.0 Å². The average molecular weight is 350 g/mol. The van der Waals surface area contributed by atoms with Crippen molar-refractivity contribution < 1.29 is 14.2 Å². The van der Waals surface area contributed by atoms with E-state index in [4.69, 9.17) is 4.74 Å². The summed E-state index contributed by atoms with van der Waals surface area (Å²) in [5.41, 5.74) is 1.000. The Bertz CT molecular complexity index is 676. The van der Waals surface area contributed by atoms with E-state index in [0.29, 0.717) is 11.7 Å². The molecule has 0 saturated carbocycles. The van der Waals surface area contributed by atoms with Crippen molar-refractivity contribution in [2.75, 3.05) is 25.2 Å². The van der Waals surface area contributed by atoms with Crippen LogP contribution in [0.3, 0.4) is 0 Å². The van der Waals surface area contributed by atoms with Gasteiger partial charge in [0.25, 0.3) is 5.88 Å². The third-order valence-electron chi connectivity index (χ3n) is 4.56. The molecule has 24 heavy (non-hydrogen) atoms. The van der Waals surface area contributed by atoms with Crippen molar-refractivity contribution in [3.8, 4) is 5.88 Å². The zero-order chi connectivity index (χ0) is 17.0. The molecule has 4 nitrogen and oxygen atoms in total. The predicted octanol–water partition coefficient (Wildman–Crippen LogP) is 4.00. The number of methoxy groups -OCH3 is 1. The summed E-state index contributed by atoms with van der Waals surface area (Å²) < 4.78 is 18.4. The van der Waals surface area contributed by atoms with Gasteiger partial charge in [-0.1, -0.05) is 18.2 Å². The highest BCUT2D eigenvalue weighted by atomic mass is 32.3. The Morgan fingerprint density at radius 3 is 2.79 bits per heavy atom. The Kier molecular flexibility index (Phi) is 5.36. The molecule has 3 rings (SSSR count). The quantitative estimate of drug-likeness (QED) is 0.843. The van der Waals surface area contributed by atoms with Gasteiger partial charge in [0.2, 0.25) is 5.82 Å². The monoisotopic (exact) mass is 350 g/mol. The maximum atomic E-state index is 13.1. The molecule has 2 aliphatic rings. The predicted molar refractivity (Wildman–Crippen MR) is 96.5 cm³/mol. The van der Waals surface area contributed by atoms with Gasteiger partial charge in [-0.15, -0.1) is 0 Å². The Balaban J connectivity index is 1.65. The highest BCUT2D eigenvalue weighted by Gasteiger charge is 2.26. The van der Waals surface area contributed by atoms with Crippen molar-refractivity contribution in [2.24, 2.45) is 5.92 Å². The maximum Gasteiger partial charge on any atom is 0.251 e. The number of hydrogen-bond donors (Lipinski definition) is 1. The van der Waals surface area contributed by atoms with Gasteiger partial charge in [-0.2, -0.15) is 19.4 Å². The van der Waals surface area contributed by atoms with Gasteiger partial charge in [0, 0.05) is 12.9 Å². The minimum absolute atomic E-state index is 0.439. The zero-order valence-electron chi connectivity index (χ0n) is 13.8. The average Bonchev–Trinajstić information content (AvgIpc) is 3.05. The molecular formula is C18H23FN2O2S. The van der Waals surface area contributed by atoms with Gasteiger partial charge < -0.3 is 9.84 Å². The van der Waals surface area contributed by atoms with Crippen LogP contribution in [0.2, 0.25) is 0 Å². The number of aromatic hydroxyl groups is 1. The van der Waals surface area contributed by atoms with Crippen LogP contribution in [0.1, 0.15) is 25.1 Å². The molecule has 0 saturated heterocycles. The molecule has 0 bridgehead atoms. The molecular weight excluding hydrogens is 327 g/mol. The minimum atomic E-state index is -0.854. The van der Waals surface area contributed by atoms with Crippen LogP contribution in [0.15, 0.2) is 35.2 Å². The summed E-state index contributed by atoms with van der Waals surface area (Å²) in [4.78, 5) is 7.84. The fraction of sp³-hybridized carbons (Fsp3) is 0.444. The summed E-state index contributed by atoms with van der Waals surface area (Å²) in [7, 11) is 0.900. The van der Waals surface area contributed by atoms with Crippen LogP contribution < -0.4 is 0 Å². The molecule has 130 valence electrons. The molecule has 2 heterocycles. The van der Waals surface area contributed by atoms with Crippen LogP contribution in [0, 0.1) is 11.7 Å². The smallest absolute Gasteiger partial charge is 0.251 e. The standard InChI is InChI=1S/C18H23FN2O2S/c1-23-8-11-24(9-2-3-10-24)13-14-4-6-15(7-5-14)17-20-12-16(19)18(22)21-17/h2-3,6,9-10,12,14H,4-5,7-8,11,13H2,1H3,(H,20,21,22). The van der Waals surface area contributed by atoms with E-state index in [1.807, 2.05) is 0 Å². The third kappa shape index (κ3) is 3.87. The van der Waals surface area contributed by atoms with Gasteiger partial charge in [0.1, 0.15) is 0 Å². The summed E-state index contributed by atoms with van der Waals surface area (Å²) in [5, 5.41) is 14.1. The number of rotatable bonds is 6. The van der Waals surface area contributed by atoms with E-state index in [-0.39, 0.29) is 0 Å². The molecule has 0 radical (unpaired) electrons. The van der Waals surface area contributed by atoms with Crippen LogP contribution in [-0.4, -0.2) is 40.3 Å². The third-order valence-corrected chi connectivity index (χ3v) is 7.97. The Morgan fingerprint density at radius 2 is 2.17 bits per heavy atom. The molecule has 1 atom stereocenters. The molecule has 0 spiro atoms. The molecule has 1 aromatic rings. The second-order valence-electron chi connectivity index (χ2n) is 6.26. The lowest BCUT2D eigenvalue weighted by Gasteiger charge is -2.36. The van der Waals surface area contributed by atoms with Gasteiger partial charge >= 0.3 is 0 Å². The number of aromatic nitrogens is 2. The Morgan fingerprint density at radius 1 is 1.38 bits per heavy atom. The normalized spacial score (nSPS) is 23.2. The number of ether oxygens (including phenoxy) is 1. The number of nitrogens with zero attached hydrogens (tertiary/aromatic N) is 2. The van der Waals surface area contributed by atoms with E-state index in [9.17, 15) is 9.50 Å². The van der Waals surface area contributed by atoms with E-state index in [2.05, 4.69) is 39.0 Å². The lowest BCUT2D eigenvalue weighted by molar-refractivity contribution is 0.218. The largest absolute Gasteiger partial charge is 0.491 e. The number of halogens is 1. The second kappa shape index (κ2) is 7.49. The van der Waals surface area contributed by atoms with E-state index in [0.717, 1.165) is 43.4 Å². The Labute approximate surface area is 143 Å². The summed E-state index contributed by atoms with van der Waals surface area (Å²) in [5.74, 6) is 1.97. The van der Waals surface area contributed by atoms with Crippen molar-refractivity contribution in [2.45, 2.75) is 19.3 Å². The highest BCUT2D eigenvalue weighted by molar-refractivity contribution is 8.38. The fourth-order valence-corrected chi connectivity index (χ4v) is 6.43. The van der Waals surface area contributed by atoms with Crippen molar-refractivity contribution in [1.29, 1.82) is 0 Å². The van der Waals surface area contributed by atoms with Gasteiger partial charge in [-0.25, -0.2) is 4.98 Å². The lowest BCUT2D eigenvalue weighted by Crippen LogP contribution is -2.17. The van der Waals surface area contributed by atoms with Gasteiger partial charge in [0.05, 0.1) is 12.8 Å². The zero-order valence-corrected chi connectivity index (χ0v) is 14.6. The van der Waals surface area contributed by atoms with Gasteiger partial charge in [-0.05, 0) is 47.3 Å². The van der Waals surface area contributed by atoms with Crippen LogP contribution in [0.4, 0.5) is 4.39 Å². The van der Waals surface area contributed by atoms with Crippen molar-refractivity contribution in [3.05, 3.63) is 46.9 Å². The van der Waals surface area contributed by atoms with Gasteiger partial charge in [0.15, 0.2) is 5.82 Å². The van der Waals surface area contributed by atoms with E-state index in [1.54, 1.807) is 7.11 Å².